The highest BCUT2D eigenvalue weighted by Gasteiger charge is 2.45. The molecule has 1 heterocycles. The summed E-state index contributed by atoms with van der Waals surface area (Å²) in [6.07, 6.45) is -4.39. The summed E-state index contributed by atoms with van der Waals surface area (Å²) in [5, 5.41) is 0. The first kappa shape index (κ1) is 15.7. The van der Waals surface area contributed by atoms with E-state index < -0.39 is 17.3 Å². The van der Waals surface area contributed by atoms with Gasteiger partial charge in [-0.25, -0.2) is 0 Å². The average Bonchev–Trinajstić information content (AvgIpc) is 2.67. The monoisotopic (exact) mass is 299 g/mol. The number of nitrogens with two attached hydrogens (primary N) is 1. The fraction of sp³-hybridized carbons (Fsp3) is 0.533. The van der Waals surface area contributed by atoms with Crippen LogP contribution in [0.4, 0.5) is 13.2 Å². The highest BCUT2D eigenvalue weighted by atomic mass is 19.4. The fourth-order valence-corrected chi connectivity index (χ4v) is 2.75. The summed E-state index contributed by atoms with van der Waals surface area (Å²) in [7, 11) is 0. The zero-order valence-corrected chi connectivity index (χ0v) is 12.4. The largest absolute Gasteiger partial charge is 0.416 e. The molecule has 1 aliphatic rings. The highest BCUT2D eigenvalue weighted by Crippen LogP contribution is 2.41. The molecule has 0 aromatic heterocycles. The Balaban J connectivity index is 2.50. The Morgan fingerprint density at radius 3 is 2.52 bits per heavy atom. The number of hydrogen-bond donors (Lipinski definition) is 1. The summed E-state index contributed by atoms with van der Waals surface area (Å²) in [6, 6.07) is 5.66. The molecule has 1 atom stereocenters. The number of halogens is 3. The van der Waals surface area contributed by atoms with Crippen molar-refractivity contribution >= 4 is 5.96 Å². The topological polar surface area (TPSA) is 41.6 Å². The normalized spacial score (nSPS) is 22.8. The Hall–Kier alpha value is -1.72. The molecule has 0 saturated heterocycles. The van der Waals surface area contributed by atoms with Crippen LogP contribution in [0.3, 0.4) is 0 Å². The summed E-state index contributed by atoms with van der Waals surface area (Å²) in [4.78, 5) is 5.96. The maximum atomic E-state index is 13.3. The van der Waals surface area contributed by atoms with Crippen molar-refractivity contribution in [3.63, 3.8) is 0 Å². The maximum Gasteiger partial charge on any atom is 0.416 e. The van der Waals surface area contributed by atoms with E-state index in [2.05, 4.69) is 4.99 Å². The van der Waals surface area contributed by atoms with Crippen LogP contribution in [-0.2, 0) is 11.7 Å². The van der Waals surface area contributed by atoms with E-state index in [0.717, 1.165) is 6.07 Å². The second-order valence-corrected chi connectivity index (χ2v) is 6.00. The van der Waals surface area contributed by atoms with Crippen LogP contribution >= 0.6 is 0 Å². The van der Waals surface area contributed by atoms with Crippen LogP contribution in [0.1, 0.15) is 31.9 Å². The quantitative estimate of drug-likeness (QED) is 0.931. The molecule has 0 fully saturated rings. The SMILES string of the molecule is CC(C)CN1C(N)=NCC1(C)c1ccccc1C(F)(F)F. The van der Waals surface area contributed by atoms with Crippen molar-refractivity contribution in [3.05, 3.63) is 35.4 Å². The third kappa shape index (κ3) is 2.84. The molecule has 21 heavy (non-hydrogen) atoms. The van der Waals surface area contributed by atoms with Gasteiger partial charge in [-0.2, -0.15) is 13.2 Å². The van der Waals surface area contributed by atoms with E-state index in [4.69, 9.17) is 5.73 Å². The average molecular weight is 299 g/mol. The van der Waals surface area contributed by atoms with Crippen LogP contribution in [0.2, 0.25) is 0 Å². The number of alkyl halides is 3. The Kier molecular flexibility index (Phi) is 3.91. The van der Waals surface area contributed by atoms with Crippen LogP contribution in [-0.4, -0.2) is 23.9 Å². The molecule has 1 aromatic carbocycles. The van der Waals surface area contributed by atoms with Gasteiger partial charge in [0.05, 0.1) is 17.6 Å². The van der Waals surface area contributed by atoms with Gasteiger partial charge in [-0.3, -0.25) is 4.99 Å². The van der Waals surface area contributed by atoms with Gasteiger partial charge in [0.1, 0.15) is 0 Å². The van der Waals surface area contributed by atoms with Crippen molar-refractivity contribution in [2.24, 2.45) is 16.6 Å². The van der Waals surface area contributed by atoms with Gasteiger partial charge >= 0.3 is 6.18 Å². The molecule has 0 radical (unpaired) electrons. The van der Waals surface area contributed by atoms with Crippen LogP contribution in [0.5, 0.6) is 0 Å². The number of rotatable bonds is 3. The van der Waals surface area contributed by atoms with Crippen LogP contribution in [0.25, 0.3) is 0 Å². The number of guanidine groups is 1. The van der Waals surface area contributed by atoms with Crippen LogP contribution < -0.4 is 5.73 Å². The van der Waals surface area contributed by atoms with Gasteiger partial charge < -0.3 is 10.6 Å². The Bertz CT molecular complexity index is 551. The minimum absolute atomic E-state index is 0.224. The summed E-state index contributed by atoms with van der Waals surface area (Å²) >= 11 is 0. The van der Waals surface area contributed by atoms with Crippen molar-refractivity contribution in [1.29, 1.82) is 0 Å². The molecule has 0 bridgehead atoms. The molecule has 1 aliphatic heterocycles. The molecule has 2 N–H and O–H groups in total. The first-order valence-corrected chi connectivity index (χ1v) is 6.90. The molecule has 1 aromatic rings. The number of aliphatic imine (C=N–C) groups is 1. The second-order valence-electron chi connectivity index (χ2n) is 6.00. The summed E-state index contributed by atoms with van der Waals surface area (Å²) < 4.78 is 39.8. The van der Waals surface area contributed by atoms with Gasteiger partial charge in [0.15, 0.2) is 5.96 Å². The third-order valence-corrected chi connectivity index (χ3v) is 3.78. The van der Waals surface area contributed by atoms with E-state index in [1.807, 2.05) is 13.8 Å². The minimum Gasteiger partial charge on any atom is -0.370 e. The van der Waals surface area contributed by atoms with Crippen molar-refractivity contribution in [2.75, 3.05) is 13.1 Å². The zero-order chi connectivity index (χ0) is 15.8. The fourth-order valence-electron chi connectivity index (χ4n) is 2.75. The highest BCUT2D eigenvalue weighted by molar-refractivity contribution is 5.81. The van der Waals surface area contributed by atoms with Gasteiger partial charge in [0.25, 0.3) is 0 Å². The second kappa shape index (κ2) is 5.24. The lowest BCUT2D eigenvalue weighted by molar-refractivity contribution is -0.139. The summed E-state index contributed by atoms with van der Waals surface area (Å²) in [6.45, 7) is 6.57. The van der Waals surface area contributed by atoms with Gasteiger partial charge in [-0.1, -0.05) is 32.0 Å². The molecule has 1 unspecified atom stereocenters. The van der Waals surface area contributed by atoms with Gasteiger partial charge in [-0.05, 0) is 24.5 Å². The Morgan fingerprint density at radius 1 is 1.33 bits per heavy atom. The summed E-state index contributed by atoms with van der Waals surface area (Å²) in [5.74, 6) is 0.581. The first-order chi connectivity index (χ1) is 9.66. The van der Waals surface area contributed by atoms with E-state index >= 15 is 0 Å². The molecule has 0 spiro atoms. The van der Waals surface area contributed by atoms with E-state index in [9.17, 15) is 13.2 Å². The van der Waals surface area contributed by atoms with E-state index in [1.165, 1.54) is 12.1 Å². The summed E-state index contributed by atoms with van der Waals surface area (Å²) in [5.41, 5.74) is 4.64. The minimum atomic E-state index is -4.39. The zero-order valence-electron chi connectivity index (χ0n) is 12.4. The number of benzene rings is 1. The van der Waals surface area contributed by atoms with E-state index in [-0.39, 0.29) is 18.0 Å². The molecule has 116 valence electrons. The lowest BCUT2D eigenvalue weighted by Gasteiger charge is -2.39. The van der Waals surface area contributed by atoms with Crippen molar-refractivity contribution < 1.29 is 13.2 Å². The first-order valence-electron chi connectivity index (χ1n) is 6.90. The smallest absolute Gasteiger partial charge is 0.370 e. The lowest BCUT2D eigenvalue weighted by Crippen LogP contribution is -2.49. The van der Waals surface area contributed by atoms with Crippen molar-refractivity contribution in [1.82, 2.24) is 4.90 Å². The predicted molar refractivity (Wildman–Crippen MR) is 76.8 cm³/mol. The van der Waals surface area contributed by atoms with Gasteiger partial charge in [0, 0.05) is 6.54 Å². The van der Waals surface area contributed by atoms with Crippen molar-refractivity contribution in [2.45, 2.75) is 32.5 Å². The molecular weight excluding hydrogens is 279 g/mol. The predicted octanol–water partition coefficient (Wildman–Crippen LogP) is 3.21. The molecular formula is C15H20F3N3. The van der Waals surface area contributed by atoms with Crippen molar-refractivity contribution in [3.8, 4) is 0 Å². The molecule has 6 heteroatoms. The number of nitrogens with zero attached hydrogens (tertiary/aromatic N) is 2. The molecule has 2 rings (SSSR count). The molecule has 0 saturated carbocycles. The maximum absolute atomic E-state index is 13.3. The standard InChI is InChI=1S/C15H20F3N3/c1-10(2)8-21-13(19)20-9-14(21,3)11-6-4-5-7-12(11)15(16,17)18/h4-7,10H,8-9H2,1-3H3,(H2,19,20). The number of hydrogen-bond acceptors (Lipinski definition) is 3. The van der Waals surface area contributed by atoms with Crippen LogP contribution in [0.15, 0.2) is 29.3 Å². The Labute approximate surface area is 122 Å². The third-order valence-electron chi connectivity index (χ3n) is 3.78. The lowest BCUT2D eigenvalue weighted by atomic mass is 9.86. The van der Waals surface area contributed by atoms with Gasteiger partial charge in [0.2, 0.25) is 0 Å². The Morgan fingerprint density at radius 2 is 1.95 bits per heavy atom. The molecule has 0 aliphatic carbocycles. The van der Waals surface area contributed by atoms with E-state index in [0.29, 0.717) is 12.5 Å². The van der Waals surface area contributed by atoms with Gasteiger partial charge in [-0.15, -0.1) is 0 Å². The van der Waals surface area contributed by atoms with Crippen LogP contribution in [0, 0.1) is 5.92 Å². The van der Waals surface area contributed by atoms with E-state index in [1.54, 1.807) is 17.9 Å². The molecule has 3 nitrogen and oxygen atoms in total. The molecule has 0 amide bonds.